The van der Waals surface area contributed by atoms with E-state index in [4.69, 9.17) is 14.2 Å². The third-order valence-corrected chi connectivity index (χ3v) is 9.45. The first kappa shape index (κ1) is 31.5. The number of hydrogen-bond acceptors (Lipinski definition) is 7. The number of anilines is 2. The first-order chi connectivity index (χ1) is 21.7. The smallest absolute Gasteiger partial charge is 0.270 e. The molecule has 2 aromatic rings. The number of fused-ring (bicyclic) bond motifs is 2. The van der Waals surface area contributed by atoms with Gasteiger partial charge in [0, 0.05) is 58.1 Å². The molecule has 0 radical (unpaired) electrons. The minimum absolute atomic E-state index is 0.00942. The molecule has 0 aromatic heterocycles. The zero-order valence-corrected chi connectivity index (χ0v) is 26.8. The Morgan fingerprint density at radius 1 is 1.13 bits per heavy atom. The Balaban J connectivity index is 1.19. The monoisotopic (exact) mass is 618 g/mol. The van der Waals surface area contributed by atoms with Crippen LogP contribution in [0.5, 0.6) is 5.75 Å². The summed E-state index contributed by atoms with van der Waals surface area (Å²) in [6, 6.07) is 13.8. The van der Waals surface area contributed by atoms with Gasteiger partial charge >= 0.3 is 0 Å². The maximum Gasteiger partial charge on any atom is 0.270 e. The van der Waals surface area contributed by atoms with Crippen molar-refractivity contribution in [3.63, 3.8) is 0 Å². The highest BCUT2D eigenvalue weighted by Gasteiger charge is 2.44. The van der Waals surface area contributed by atoms with E-state index < -0.39 is 5.60 Å². The number of carbonyl (C=O) groups is 3. The number of nitrogens with zero attached hydrogens (tertiary/aromatic N) is 2. The molecule has 10 heteroatoms. The van der Waals surface area contributed by atoms with Crippen LogP contribution in [0.1, 0.15) is 63.6 Å². The number of piperidine rings is 1. The van der Waals surface area contributed by atoms with Crippen LogP contribution in [0, 0.1) is 11.8 Å². The molecule has 2 N–H and O–H groups in total. The second-order valence-electron chi connectivity index (χ2n) is 13.2. The fraction of sp³-hybridized carbons (Fsp3) is 0.571. The number of ether oxygens (including phenoxy) is 3. The third-order valence-electron chi connectivity index (χ3n) is 9.45. The zero-order chi connectivity index (χ0) is 31.7. The van der Waals surface area contributed by atoms with E-state index in [0.29, 0.717) is 57.1 Å². The van der Waals surface area contributed by atoms with Gasteiger partial charge in [-0.3, -0.25) is 14.4 Å². The second-order valence-corrected chi connectivity index (χ2v) is 13.2. The molecule has 2 aliphatic carbocycles. The number of amides is 3. The summed E-state index contributed by atoms with van der Waals surface area (Å²) in [5, 5.41) is 6.65. The molecule has 2 aliphatic heterocycles. The Labute approximate surface area is 265 Å². The van der Waals surface area contributed by atoms with Crippen LogP contribution in [0.2, 0.25) is 0 Å². The SMILES string of the molecule is CCO[C@H]1Cc2ccccc2[C@@H]1NC(=O)[C@@H]1CNC[C@H](C(=O)N(c2ccc3c(c2)N(CCCOC)C(=O)C(C)(C)O3)C2CC2)C1. The van der Waals surface area contributed by atoms with Crippen molar-refractivity contribution in [2.24, 2.45) is 11.8 Å². The summed E-state index contributed by atoms with van der Waals surface area (Å²) < 4.78 is 17.4. The highest BCUT2D eigenvalue weighted by Crippen LogP contribution is 2.43. The lowest BCUT2D eigenvalue weighted by molar-refractivity contribution is -0.132. The standard InChI is InChI=1S/C35H46N4O6/c1-5-44-30-18-22-9-6-7-10-27(22)31(30)37-32(40)23-17-24(21-36-20-23)33(41)39(25-11-12-25)26-13-14-29-28(19-26)38(15-8-16-43-4)34(42)35(2,3)45-29/h6-7,9-10,13-14,19,23-25,30-31,36H,5,8,11-12,15-18,20-21H2,1-4H3,(H,37,40)/t23-,24+,30-,31-/m0/s1. The van der Waals surface area contributed by atoms with Gasteiger partial charge in [0.1, 0.15) is 5.75 Å². The van der Waals surface area contributed by atoms with Crippen molar-refractivity contribution in [2.45, 2.75) is 76.7 Å². The van der Waals surface area contributed by atoms with Crippen molar-refractivity contribution >= 4 is 29.1 Å². The summed E-state index contributed by atoms with van der Waals surface area (Å²) in [6.07, 6.45) is 3.67. The van der Waals surface area contributed by atoms with Crippen LogP contribution in [0.25, 0.3) is 0 Å². The van der Waals surface area contributed by atoms with Crippen LogP contribution >= 0.6 is 0 Å². The molecule has 2 heterocycles. The third kappa shape index (κ3) is 6.46. The molecule has 6 rings (SSSR count). The number of methoxy groups -OCH3 is 1. The highest BCUT2D eigenvalue weighted by molar-refractivity contribution is 6.04. The fourth-order valence-electron chi connectivity index (χ4n) is 7.04. The Kier molecular flexibility index (Phi) is 9.17. The molecule has 242 valence electrons. The van der Waals surface area contributed by atoms with E-state index in [1.807, 2.05) is 42.2 Å². The molecule has 4 aliphatic rings. The zero-order valence-electron chi connectivity index (χ0n) is 26.8. The van der Waals surface area contributed by atoms with Crippen molar-refractivity contribution in [3.8, 4) is 5.75 Å². The van der Waals surface area contributed by atoms with Crippen LogP contribution in [-0.4, -0.2) is 75.4 Å². The Morgan fingerprint density at radius 3 is 2.67 bits per heavy atom. The Bertz CT molecular complexity index is 1420. The summed E-state index contributed by atoms with van der Waals surface area (Å²) >= 11 is 0. The van der Waals surface area contributed by atoms with Gasteiger partial charge in [-0.25, -0.2) is 0 Å². The number of hydrogen-bond donors (Lipinski definition) is 2. The Morgan fingerprint density at radius 2 is 1.91 bits per heavy atom. The molecule has 3 amide bonds. The lowest BCUT2D eigenvalue weighted by atomic mass is 9.88. The van der Waals surface area contributed by atoms with Crippen LogP contribution in [0.4, 0.5) is 11.4 Å². The van der Waals surface area contributed by atoms with Gasteiger partial charge in [0.2, 0.25) is 11.8 Å². The fourth-order valence-corrected chi connectivity index (χ4v) is 7.04. The second kappa shape index (κ2) is 13.1. The molecule has 1 saturated heterocycles. The minimum atomic E-state index is -0.986. The van der Waals surface area contributed by atoms with Crippen LogP contribution in [-0.2, 0) is 30.3 Å². The summed E-state index contributed by atoms with van der Waals surface area (Å²) in [6.45, 7) is 8.18. The average molecular weight is 619 g/mol. The average Bonchev–Trinajstić information content (AvgIpc) is 3.81. The van der Waals surface area contributed by atoms with E-state index in [1.165, 1.54) is 5.56 Å². The topological polar surface area (TPSA) is 109 Å². The van der Waals surface area contributed by atoms with E-state index >= 15 is 0 Å². The van der Waals surface area contributed by atoms with Crippen LogP contribution < -0.4 is 25.2 Å². The van der Waals surface area contributed by atoms with Crippen molar-refractivity contribution in [1.29, 1.82) is 0 Å². The van der Waals surface area contributed by atoms with Gasteiger partial charge in [-0.2, -0.15) is 0 Å². The predicted molar refractivity (Wildman–Crippen MR) is 171 cm³/mol. The maximum atomic E-state index is 14.2. The number of nitrogens with one attached hydrogen (secondary N) is 2. The van der Waals surface area contributed by atoms with Crippen LogP contribution in [0.15, 0.2) is 42.5 Å². The quantitative estimate of drug-likeness (QED) is 0.369. The molecule has 0 spiro atoms. The molecular formula is C35H46N4O6. The van der Waals surface area contributed by atoms with Crippen LogP contribution in [0.3, 0.4) is 0 Å². The van der Waals surface area contributed by atoms with Gasteiger partial charge in [-0.05, 0) is 75.8 Å². The van der Waals surface area contributed by atoms with E-state index in [-0.39, 0.29) is 47.7 Å². The van der Waals surface area contributed by atoms with E-state index in [1.54, 1.807) is 25.9 Å². The van der Waals surface area contributed by atoms with E-state index in [9.17, 15) is 14.4 Å². The first-order valence-electron chi connectivity index (χ1n) is 16.4. The van der Waals surface area contributed by atoms with Gasteiger partial charge in [-0.15, -0.1) is 0 Å². The number of carbonyl (C=O) groups excluding carboxylic acids is 3. The summed E-state index contributed by atoms with van der Waals surface area (Å²) in [4.78, 5) is 44.9. The molecule has 4 atom stereocenters. The summed E-state index contributed by atoms with van der Waals surface area (Å²) in [5.41, 5.74) is 2.75. The van der Waals surface area contributed by atoms with Crippen molar-refractivity contribution < 1.29 is 28.6 Å². The van der Waals surface area contributed by atoms with Gasteiger partial charge < -0.3 is 34.6 Å². The molecule has 10 nitrogen and oxygen atoms in total. The molecule has 2 fully saturated rings. The Hall–Kier alpha value is -3.47. The van der Waals surface area contributed by atoms with Gasteiger partial charge in [0.05, 0.1) is 29.7 Å². The lowest BCUT2D eigenvalue weighted by Gasteiger charge is -2.40. The summed E-state index contributed by atoms with van der Waals surface area (Å²) in [5.74, 6) is -0.220. The molecule has 0 bridgehead atoms. The lowest BCUT2D eigenvalue weighted by Crippen LogP contribution is -2.53. The first-order valence-corrected chi connectivity index (χ1v) is 16.4. The van der Waals surface area contributed by atoms with Crippen molar-refractivity contribution in [2.75, 3.05) is 49.8 Å². The van der Waals surface area contributed by atoms with Crippen molar-refractivity contribution in [1.82, 2.24) is 10.6 Å². The van der Waals surface area contributed by atoms with Gasteiger partial charge in [0.15, 0.2) is 5.60 Å². The molecule has 45 heavy (non-hydrogen) atoms. The maximum absolute atomic E-state index is 14.2. The minimum Gasteiger partial charge on any atom is -0.476 e. The largest absolute Gasteiger partial charge is 0.476 e. The summed E-state index contributed by atoms with van der Waals surface area (Å²) in [7, 11) is 1.65. The molecule has 1 saturated carbocycles. The van der Waals surface area contributed by atoms with Gasteiger partial charge in [-0.1, -0.05) is 24.3 Å². The number of benzene rings is 2. The van der Waals surface area contributed by atoms with E-state index in [0.717, 1.165) is 30.5 Å². The van der Waals surface area contributed by atoms with Gasteiger partial charge in [0.25, 0.3) is 5.91 Å². The van der Waals surface area contributed by atoms with E-state index in [2.05, 4.69) is 22.8 Å². The predicted octanol–water partition coefficient (Wildman–Crippen LogP) is 3.77. The molecular weight excluding hydrogens is 572 g/mol. The molecule has 0 unspecified atom stereocenters. The highest BCUT2D eigenvalue weighted by atomic mass is 16.5. The van der Waals surface area contributed by atoms with Crippen molar-refractivity contribution in [3.05, 3.63) is 53.6 Å². The number of rotatable bonds is 11. The molecule has 2 aromatic carbocycles. The normalized spacial score (nSPS) is 25.2.